The Hall–Kier alpha value is -1.50. The Morgan fingerprint density at radius 2 is 1.76 bits per heavy atom. The van der Waals surface area contributed by atoms with Gasteiger partial charge in [-0.2, -0.15) is 0 Å². The van der Waals surface area contributed by atoms with Gasteiger partial charge in [-0.1, -0.05) is 48.4 Å². The lowest BCUT2D eigenvalue weighted by Gasteiger charge is -2.08. The van der Waals surface area contributed by atoms with Crippen LogP contribution in [-0.4, -0.2) is 0 Å². The summed E-state index contributed by atoms with van der Waals surface area (Å²) in [5.74, 6) is 1.03. The van der Waals surface area contributed by atoms with Crippen LogP contribution in [0.1, 0.15) is 38.3 Å². The van der Waals surface area contributed by atoms with Gasteiger partial charge in [0.15, 0.2) is 0 Å². The summed E-state index contributed by atoms with van der Waals surface area (Å²) in [5, 5.41) is 0. The SMILES string of the molecule is CC/C(=C\C=C(C)C)OCc1ccc(C)cc1. The molecule has 0 saturated heterocycles. The molecule has 0 atom stereocenters. The van der Waals surface area contributed by atoms with Crippen molar-refractivity contribution in [3.8, 4) is 0 Å². The van der Waals surface area contributed by atoms with Gasteiger partial charge in [0.25, 0.3) is 0 Å². The summed E-state index contributed by atoms with van der Waals surface area (Å²) in [6.07, 6.45) is 5.08. The lowest BCUT2D eigenvalue weighted by atomic mass is 10.2. The summed E-state index contributed by atoms with van der Waals surface area (Å²) in [7, 11) is 0. The highest BCUT2D eigenvalue weighted by Crippen LogP contribution is 2.10. The molecule has 1 rings (SSSR count). The molecule has 0 heterocycles. The Labute approximate surface area is 105 Å². The second kappa shape index (κ2) is 6.95. The molecule has 0 unspecified atom stereocenters. The van der Waals surface area contributed by atoms with Crippen molar-refractivity contribution in [3.63, 3.8) is 0 Å². The normalized spacial score (nSPS) is 11.2. The zero-order chi connectivity index (χ0) is 12.7. The van der Waals surface area contributed by atoms with Crippen LogP contribution in [0.25, 0.3) is 0 Å². The third-order valence-corrected chi connectivity index (χ3v) is 2.50. The topological polar surface area (TPSA) is 9.23 Å². The number of hydrogen-bond acceptors (Lipinski definition) is 1. The van der Waals surface area contributed by atoms with E-state index in [1.54, 1.807) is 0 Å². The van der Waals surface area contributed by atoms with E-state index in [1.807, 2.05) is 0 Å². The predicted octanol–water partition coefficient (Wildman–Crippen LogP) is 4.77. The van der Waals surface area contributed by atoms with Gasteiger partial charge < -0.3 is 4.74 Å². The molecule has 92 valence electrons. The van der Waals surface area contributed by atoms with E-state index in [1.165, 1.54) is 16.7 Å². The van der Waals surface area contributed by atoms with Crippen molar-refractivity contribution >= 4 is 0 Å². The van der Waals surface area contributed by atoms with Crippen molar-refractivity contribution in [2.24, 2.45) is 0 Å². The molecule has 0 aliphatic heterocycles. The van der Waals surface area contributed by atoms with Crippen molar-refractivity contribution in [1.29, 1.82) is 0 Å². The molecule has 1 nitrogen and oxygen atoms in total. The molecular formula is C16H22O. The maximum atomic E-state index is 5.78. The zero-order valence-corrected chi connectivity index (χ0v) is 11.3. The van der Waals surface area contributed by atoms with E-state index in [-0.39, 0.29) is 0 Å². The molecule has 0 aliphatic rings. The lowest BCUT2D eigenvalue weighted by molar-refractivity contribution is 0.191. The van der Waals surface area contributed by atoms with Gasteiger partial charge in [-0.3, -0.25) is 0 Å². The van der Waals surface area contributed by atoms with Crippen molar-refractivity contribution in [1.82, 2.24) is 0 Å². The predicted molar refractivity (Wildman–Crippen MR) is 73.8 cm³/mol. The number of benzene rings is 1. The standard InChI is InChI=1S/C16H22O/c1-5-16(11-6-13(2)3)17-12-15-9-7-14(4)8-10-15/h6-11H,5,12H2,1-4H3/b16-11+. The van der Waals surface area contributed by atoms with Gasteiger partial charge in [0.05, 0.1) is 5.76 Å². The summed E-state index contributed by atoms with van der Waals surface area (Å²) >= 11 is 0. The van der Waals surface area contributed by atoms with Crippen LogP contribution in [-0.2, 0) is 11.3 Å². The Kier molecular flexibility index (Phi) is 5.55. The molecule has 0 aliphatic carbocycles. The zero-order valence-electron chi connectivity index (χ0n) is 11.3. The number of allylic oxidation sites excluding steroid dienone is 4. The van der Waals surface area contributed by atoms with E-state index in [2.05, 4.69) is 64.1 Å². The van der Waals surface area contributed by atoms with Gasteiger partial charge in [-0.25, -0.2) is 0 Å². The third-order valence-electron chi connectivity index (χ3n) is 2.50. The summed E-state index contributed by atoms with van der Waals surface area (Å²) < 4.78 is 5.78. The highest BCUT2D eigenvalue weighted by Gasteiger charge is 1.96. The molecule has 0 radical (unpaired) electrons. The Morgan fingerprint density at radius 1 is 1.12 bits per heavy atom. The van der Waals surface area contributed by atoms with Crippen LogP contribution < -0.4 is 0 Å². The lowest BCUT2D eigenvalue weighted by Crippen LogP contribution is -1.93. The molecule has 0 spiro atoms. The van der Waals surface area contributed by atoms with Gasteiger partial charge in [0.1, 0.15) is 6.61 Å². The van der Waals surface area contributed by atoms with E-state index in [0.29, 0.717) is 6.61 Å². The fourth-order valence-corrected chi connectivity index (χ4v) is 1.39. The van der Waals surface area contributed by atoms with E-state index in [0.717, 1.165) is 12.2 Å². The summed E-state index contributed by atoms with van der Waals surface area (Å²) in [5.41, 5.74) is 3.78. The average Bonchev–Trinajstić information content (AvgIpc) is 2.31. The third kappa shape index (κ3) is 5.39. The largest absolute Gasteiger partial charge is 0.493 e. The highest BCUT2D eigenvalue weighted by atomic mass is 16.5. The number of aryl methyl sites for hydroxylation is 1. The van der Waals surface area contributed by atoms with Crippen LogP contribution in [0, 0.1) is 6.92 Å². The molecule has 0 bridgehead atoms. The van der Waals surface area contributed by atoms with Crippen LogP contribution in [0.15, 0.2) is 47.7 Å². The first-order valence-corrected chi connectivity index (χ1v) is 6.14. The van der Waals surface area contributed by atoms with Crippen molar-refractivity contribution in [2.45, 2.75) is 40.7 Å². The molecule has 0 saturated carbocycles. The van der Waals surface area contributed by atoms with Gasteiger partial charge in [-0.05, 0) is 32.4 Å². The fourth-order valence-electron chi connectivity index (χ4n) is 1.39. The van der Waals surface area contributed by atoms with Crippen molar-refractivity contribution in [2.75, 3.05) is 0 Å². The maximum Gasteiger partial charge on any atom is 0.113 e. The van der Waals surface area contributed by atoms with Crippen LogP contribution in [0.3, 0.4) is 0 Å². The van der Waals surface area contributed by atoms with E-state index in [9.17, 15) is 0 Å². The average molecular weight is 230 g/mol. The minimum Gasteiger partial charge on any atom is -0.493 e. The molecule has 0 aromatic heterocycles. The maximum absolute atomic E-state index is 5.78. The molecule has 17 heavy (non-hydrogen) atoms. The molecule has 1 heteroatoms. The van der Waals surface area contributed by atoms with Crippen LogP contribution in [0.2, 0.25) is 0 Å². The Morgan fingerprint density at radius 3 is 2.29 bits per heavy atom. The minimum atomic E-state index is 0.649. The fraction of sp³-hybridized carbons (Fsp3) is 0.375. The minimum absolute atomic E-state index is 0.649. The van der Waals surface area contributed by atoms with Gasteiger partial charge in [-0.15, -0.1) is 0 Å². The van der Waals surface area contributed by atoms with Crippen LogP contribution in [0.4, 0.5) is 0 Å². The second-order valence-corrected chi connectivity index (χ2v) is 4.50. The Balaban J connectivity index is 2.56. The molecule has 0 N–H and O–H groups in total. The van der Waals surface area contributed by atoms with Crippen molar-refractivity contribution < 1.29 is 4.74 Å². The smallest absolute Gasteiger partial charge is 0.113 e. The number of rotatable bonds is 5. The molecular weight excluding hydrogens is 208 g/mol. The molecule has 0 amide bonds. The summed E-state index contributed by atoms with van der Waals surface area (Å²) in [6.45, 7) is 9.03. The monoisotopic (exact) mass is 230 g/mol. The number of ether oxygens (including phenoxy) is 1. The van der Waals surface area contributed by atoms with E-state index in [4.69, 9.17) is 4.74 Å². The molecule has 1 aromatic carbocycles. The first-order valence-electron chi connectivity index (χ1n) is 6.14. The Bertz CT molecular complexity index is 392. The van der Waals surface area contributed by atoms with Gasteiger partial charge in [0, 0.05) is 6.42 Å². The quantitative estimate of drug-likeness (QED) is 0.523. The first kappa shape index (κ1) is 13.6. The first-order chi connectivity index (χ1) is 8.11. The van der Waals surface area contributed by atoms with Gasteiger partial charge >= 0.3 is 0 Å². The number of hydrogen-bond donors (Lipinski definition) is 0. The second-order valence-electron chi connectivity index (χ2n) is 4.50. The van der Waals surface area contributed by atoms with Crippen LogP contribution >= 0.6 is 0 Å². The van der Waals surface area contributed by atoms with E-state index >= 15 is 0 Å². The highest BCUT2D eigenvalue weighted by molar-refractivity contribution is 5.21. The van der Waals surface area contributed by atoms with Gasteiger partial charge in [0.2, 0.25) is 0 Å². The summed E-state index contributed by atoms with van der Waals surface area (Å²) in [4.78, 5) is 0. The van der Waals surface area contributed by atoms with Crippen molar-refractivity contribution in [3.05, 3.63) is 58.9 Å². The molecule has 0 fully saturated rings. The molecule has 1 aromatic rings. The van der Waals surface area contributed by atoms with E-state index < -0.39 is 0 Å². The summed E-state index contributed by atoms with van der Waals surface area (Å²) in [6, 6.07) is 8.46. The van der Waals surface area contributed by atoms with Crippen LogP contribution in [0.5, 0.6) is 0 Å².